The molecule has 4 aromatic rings. The molecule has 0 bridgehead atoms. The highest BCUT2D eigenvalue weighted by atomic mass is 19.1. The van der Waals surface area contributed by atoms with Gasteiger partial charge in [0.1, 0.15) is 12.4 Å². The molecule has 34 heavy (non-hydrogen) atoms. The number of para-hydroxylation sites is 1. The number of hydrogen-bond donors (Lipinski definition) is 1. The van der Waals surface area contributed by atoms with Crippen molar-refractivity contribution >= 4 is 11.6 Å². The van der Waals surface area contributed by atoms with E-state index in [4.69, 9.17) is 4.74 Å². The van der Waals surface area contributed by atoms with Crippen LogP contribution in [-0.4, -0.2) is 26.6 Å². The number of carbonyl (C=O) groups excluding carboxylic acids is 1. The van der Waals surface area contributed by atoms with Crippen LogP contribution in [0.2, 0.25) is 0 Å². The molecule has 3 heterocycles. The molecule has 0 saturated heterocycles. The van der Waals surface area contributed by atoms with Gasteiger partial charge in [-0.05, 0) is 68.7 Å². The lowest BCUT2D eigenvalue weighted by Gasteiger charge is -2.15. The van der Waals surface area contributed by atoms with Crippen LogP contribution in [0, 0.1) is 12.7 Å². The van der Waals surface area contributed by atoms with Gasteiger partial charge in [0.2, 0.25) is 0 Å². The molecule has 6 rings (SSSR count). The van der Waals surface area contributed by atoms with Crippen molar-refractivity contribution in [1.82, 2.24) is 14.1 Å². The van der Waals surface area contributed by atoms with Gasteiger partial charge in [0, 0.05) is 23.9 Å². The number of imidazole rings is 1. The standard InChI is InChI=1S/C27H25FN4O2/c1-16-11-21(28)20(12-25(16)31-13-23(29-15-31)18-8-9-18)27(33)30-22-6-3-5-19-24-7-4-10-32(24)17(2)14-34-26(19)22/h3-7,10-13,15,17-18H,8-9,14H2,1-2H3,(H,30,33)/t17-/m0/s1. The predicted molar refractivity (Wildman–Crippen MR) is 128 cm³/mol. The van der Waals surface area contributed by atoms with E-state index in [1.165, 1.54) is 6.07 Å². The van der Waals surface area contributed by atoms with Crippen molar-refractivity contribution < 1.29 is 13.9 Å². The largest absolute Gasteiger partial charge is 0.489 e. The minimum atomic E-state index is -0.563. The van der Waals surface area contributed by atoms with Crippen LogP contribution >= 0.6 is 0 Å². The number of benzene rings is 2. The molecule has 1 saturated carbocycles. The van der Waals surface area contributed by atoms with E-state index in [1.807, 2.05) is 48.1 Å². The van der Waals surface area contributed by atoms with Crippen molar-refractivity contribution in [2.75, 3.05) is 11.9 Å². The number of anilines is 1. The number of amides is 1. The Bertz CT molecular complexity index is 1420. The van der Waals surface area contributed by atoms with E-state index in [9.17, 15) is 9.18 Å². The first-order valence-electron chi connectivity index (χ1n) is 11.6. The third-order valence-electron chi connectivity index (χ3n) is 6.67. The second-order valence-electron chi connectivity index (χ2n) is 9.20. The fourth-order valence-corrected chi connectivity index (χ4v) is 4.65. The maximum Gasteiger partial charge on any atom is 0.258 e. The Balaban J connectivity index is 1.34. The minimum absolute atomic E-state index is 0.0229. The third kappa shape index (κ3) is 3.48. The van der Waals surface area contributed by atoms with Crippen molar-refractivity contribution in [2.45, 2.75) is 38.6 Å². The molecule has 2 aliphatic rings. The van der Waals surface area contributed by atoms with Gasteiger partial charge >= 0.3 is 0 Å². The summed E-state index contributed by atoms with van der Waals surface area (Å²) >= 11 is 0. The van der Waals surface area contributed by atoms with E-state index in [-0.39, 0.29) is 11.6 Å². The number of nitrogens with zero attached hydrogens (tertiary/aromatic N) is 3. The highest BCUT2D eigenvalue weighted by Gasteiger charge is 2.27. The Morgan fingerprint density at radius 3 is 2.88 bits per heavy atom. The minimum Gasteiger partial charge on any atom is -0.489 e. The molecule has 1 atom stereocenters. The summed E-state index contributed by atoms with van der Waals surface area (Å²) in [5, 5.41) is 2.89. The Labute approximate surface area is 197 Å². The van der Waals surface area contributed by atoms with E-state index in [2.05, 4.69) is 21.8 Å². The van der Waals surface area contributed by atoms with Crippen LogP contribution in [0.1, 0.15) is 53.3 Å². The number of hydrogen-bond acceptors (Lipinski definition) is 3. The van der Waals surface area contributed by atoms with Gasteiger partial charge in [0.15, 0.2) is 5.75 Å². The number of aromatic nitrogens is 3. The van der Waals surface area contributed by atoms with Gasteiger partial charge in [0.25, 0.3) is 5.91 Å². The van der Waals surface area contributed by atoms with Crippen LogP contribution in [0.3, 0.4) is 0 Å². The SMILES string of the molecule is Cc1cc(F)c(C(=O)Nc2cccc3c2OC[C@H](C)n2cccc2-3)cc1-n1cnc(C2CC2)c1. The van der Waals surface area contributed by atoms with Crippen molar-refractivity contribution in [2.24, 2.45) is 0 Å². The second kappa shape index (κ2) is 7.87. The smallest absolute Gasteiger partial charge is 0.258 e. The fraction of sp³-hybridized carbons (Fsp3) is 0.259. The highest BCUT2D eigenvalue weighted by Crippen LogP contribution is 2.41. The molecule has 172 valence electrons. The summed E-state index contributed by atoms with van der Waals surface area (Å²) < 4.78 is 25.1. The summed E-state index contributed by atoms with van der Waals surface area (Å²) in [5.74, 6) is 0.0243. The first-order chi connectivity index (χ1) is 16.5. The molecule has 1 aliphatic heterocycles. The number of rotatable bonds is 4. The van der Waals surface area contributed by atoms with E-state index < -0.39 is 11.7 Å². The molecule has 1 aliphatic carbocycles. The molecular weight excluding hydrogens is 431 g/mol. The van der Waals surface area contributed by atoms with Gasteiger partial charge in [-0.15, -0.1) is 0 Å². The van der Waals surface area contributed by atoms with Crippen LogP contribution in [-0.2, 0) is 0 Å². The van der Waals surface area contributed by atoms with Crippen LogP contribution in [0.5, 0.6) is 5.75 Å². The van der Waals surface area contributed by atoms with Crippen LogP contribution < -0.4 is 10.1 Å². The van der Waals surface area contributed by atoms with Crippen LogP contribution in [0.25, 0.3) is 16.9 Å². The number of fused-ring (bicyclic) bond motifs is 3. The molecule has 1 N–H and O–H groups in total. The third-order valence-corrected chi connectivity index (χ3v) is 6.67. The van der Waals surface area contributed by atoms with E-state index >= 15 is 0 Å². The van der Waals surface area contributed by atoms with E-state index in [0.717, 1.165) is 41.0 Å². The van der Waals surface area contributed by atoms with Gasteiger partial charge in [-0.1, -0.05) is 6.07 Å². The molecule has 2 aromatic heterocycles. The van der Waals surface area contributed by atoms with Gasteiger partial charge in [-0.25, -0.2) is 9.37 Å². The second-order valence-corrected chi connectivity index (χ2v) is 9.20. The van der Waals surface area contributed by atoms with Crippen molar-refractivity contribution in [3.05, 3.63) is 83.8 Å². The highest BCUT2D eigenvalue weighted by molar-refractivity contribution is 6.06. The number of nitrogens with one attached hydrogen (secondary N) is 1. The topological polar surface area (TPSA) is 61.1 Å². The molecule has 6 nitrogen and oxygen atoms in total. The Hall–Kier alpha value is -3.87. The molecule has 2 aromatic carbocycles. The predicted octanol–water partition coefficient (Wildman–Crippen LogP) is 5.87. The summed E-state index contributed by atoms with van der Waals surface area (Å²) in [6, 6.07) is 12.8. The van der Waals surface area contributed by atoms with Gasteiger partial charge < -0.3 is 19.2 Å². The number of aryl methyl sites for hydroxylation is 1. The van der Waals surface area contributed by atoms with E-state index in [1.54, 1.807) is 18.5 Å². The number of halogens is 1. The first kappa shape index (κ1) is 20.7. The van der Waals surface area contributed by atoms with Crippen LogP contribution in [0.15, 0.2) is 61.2 Å². The maximum atomic E-state index is 14.9. The van der Waals surface area contributed by atoms with Gasteiger partial charge in [-0.2, -0.15) is 0 Å². The summed E-state index contributed by atoms with van der Waals surface area (Å²) in [4.78, 5) is 17.7. The first-order valence-corrected chi connectivity index (χ1v) is 11.6. The number of ether oxygens (including phenoxy) is 1. The molecule has 1 fully saturated rings. The maximum absolute atomic E-state index is 14.9. The fourth-order valence-electron chi connectivity index (χ4n) is 4.65. The van der Waals surface area contributed by atoms with Crippen molar-refractivity contribution in [3.63, 3.8) is 0 Å². The quantitative estimate of drug-likeness (QED) is 0.418. The average Bonchev–Trinajstić information content (AvgIpc) is 3.38. The summed E-state index contributed by atoms with van der Waals surface area (Å²) in [6.45, 7) is 4.38. The monoisotopic (exact) mass is 456 g/mol. The molecule has 0 radical (unpaired) electrons. The Morgan fingerprint density at radius 1 is 1.21 bits per heavy atom. The van der Waals surface area contributed by atoms with Gasteiger partial charge in [0.05, 0.1) is 40.7 Å². The lowest BCUT2D eigenvalue weighted by atomic mass is 10.1. The molecule has 0 spiro atoms. The van der Waals surface area contributed by atoms with Gasteiger partial charge in [-0.3, -0.25) is 4.79 Å². The zero-order chi connectivity index (χ0) is 23.4. The summed E-state index contributed by atoms with van der Waals surface area (Å²) in [5.41, 5.74) is 4.92. The zero-order valence-electron chi connectivity index (χ0n) is 19.1. The number of carbonyl (C=O) groups is 1. The van der Waals surface area contributed by atoms with Crippen LogP contribution in [0.4, 0.5) is 10.1 Å². The normalized spacial score (nSPS) is 16.9. The van der Waals surface area contributed by atoms with Crippen molar-refractivity contribution in [1.29, 1.82) is 0 Å². The summed E-state index contributed by atoms with van der Waals surface area (Å²) in [7, 11) is 0. The molecule has 7 heteroatoms. The lowest BCUT2D eigenvalue weighted by molar-refractivity contribution is 0.102. The molecule has 1 amide bonds. The molecule has 0 unspecified atom stereocenters. The lowest BCUT2D eigenvalue weighted by Crippen LogP contribution is -2.16. The summed E-state index contributed by atoms with van der Waals surface area (Å²) in [6.07, 6.45) is 8.04. The average molecular weight is 457 g/mol. The van der Waals surface area contributed by atoms with E-state index in [0.29, 0.717) is 24.0 Å². The molecular formula is C27H25FN4O2. The Kier molecular flexibility index (Phi) is 4.79. The van der Waals surface area contributed by atoms with Crippen molar-refractivity contribution in [3.8, 4) is 22.7 Å². The Morgan fingerprint density at radius 2 is 2.06 bits per heavy atom. The zero-order valence-corrected chi connectivity index (χ0v) is 19.1.